The zero-order valence-electron chi connectivity index (χ0n) is 11.9. The Bertz CT molecular complexity index is 157. The van der Waals surface area contributed by atoms with Crippen LogP contribution in [-0.4, -0.2) is 35.7 Å². The van der Waals surface area contributed by atoms with Gasteiger partial charge in [0.15, 0.2) is 0 Å². The lowest BCUT2D eigenvalue weighted by molar-refractivity contribution is 0.147. The third kappa shape index (κ3) is 8.12. The topological polar surface area (TPSA) is 23.5 Å². The van der Waals surface area contributed by atoms with Crippen molar-refractivity contribution in [3.63, 3.8) is 0 Å². The van der Waals surface area contributed by atoms with E-state index in [-0.39, 0.29) is 0 Å². The van der Waals surface area contributed by atoms with Gasteiger partial charge in [0.1, 0.15) is 0 Å². The van der Waals surface area contributed by atoms with Crippen LogP contribution in [0.2, 0.25) is 0 Å². The molecule has 0 saturated carbocycles. The summed E-state index contributed by atoms with van der Waals surface area (Å²) in [7, 11) is 0. The van der Waals surface area contributed by atoms with E-state index in [0.29, 0.717) is 18.6 Å². The summed E-state index contributed by atoms with van der Waals surface area (Å²) < 4.78 is 0. The van der Waals surface area contributed by atoms with Gasteiger partial charge in [-0.25, -0.2) is 0 Å². The molecule has 0 aromatic rings. The van der Waals surface area contributed by atoms with Crippen LogP contribution in [-0.2, 0) is 0 Å². The van der Waals surface area contributed by atoms with Crippen molar-refractivity contribution in [2.45, 2.75) is 59.9 Å². The number of nitrogens with zero attached hydrogens (tertiary/aromatic N) is 1. The average Bonchev–Trinajstić information content (AvgIpc) is 2.21. The highest BCUT2D eigenvalue weighted by Crippen LogP contribution is 2.10. The molecular formula is C14H31NO. The summed E-state index contributed by atoms with van der Waals surface area (Å²) in [5.41, 5.74) is 0. The zero-order chi connectivity index (χ0) is 12.6. The molecule has 0 fully saturated rings. The van der Waals surface area contributed by atoms with Crippen LogP contribution >= 0.6 is 0 Å². The Morgan fingerprint density at radius 1 is 1.00 bits per heavy atom. The molecule has 0 aliphatic carbocycles. The van der Waals surface area contributed by atoms with Crippen LogP contribution in [0.3, 0.4) is 0 Å². The second kappa shape index (κ2) is 9.00. The summed E-state index contributed by atoms with van der Waals surface area (Å²) in [5.74, 6) is 1.22. The van der Waals surface area contributed by atoms with Crippen molar-refractivity contribution in [1.29, 1.82) is 0 Å². The molecule has 98 valence electrons. The van der Waals surface area contributed by atoms with Crippen molar-refractivity contribution >= 4 is 0 Å². The van der Waals surface area contributed by atoms with Gasteiger partial charge in [0.2, 0.25) is 0 Å². The summed E-state index contributed by atoms with van der Waals surface area (Å²) in [5, 5.41) is 9.08. The Balaban J connectivity index is 3.77. The molecule has 1 unspecified atom stereocenters. The maximum Gasteiger partial charge on any atom is 0.0468 e. The van der Waals surface area contributed by atoms with E-state index < -0.39 is 0 Å². The maximum atomic E-state index is 9.08. The molecule has 0 rings (SSSR count). The van der Waals surface area contributed by atoms with Crippen LogP contribution in [0.15, 0.2) is 0 Å². The highest BCUT2D eigenvalue weighted by Gasteiger charge is 2.12. The monoisotopic (exact) mass is 229 g/mol. The Morgan fingerprint density at radius 3 is 2.06 bits per heavy atom. The first-order valence-electron chi connectivity index (χ1n) is 6.82. The predicted octanol–water partition coefficient (Wildman–Crippen LogP) is 3.15. The minimum atomic E-state index is 0.301. The van der Waals surface area contributed by atoms with Crippen molar-refractivity contribution in [3.8, 4) is 0 Å². The van der Waals surface area contributed by atoms with Gasteiger partial charge in [0.05, 0.1) is 0 Å². The maximum absolute atomic E-state index is 9.08. The number of rotatable bonds is 9. The van der Waals surface area contributed by atoms with E-state index >= 15 is 0 Å². The fourth-order valence-electron chi connectivity index (χ4n) is 1.89. The van der Waals surface area contributed by atoms with E-state index in [2.05, 4.69) is 39.5 Å². The number of hydrogen-bond acceptors (Lipinski definition) is 2. The Hall–Kier alpha value is -0.0800. The summed E-state index contributed by atoms with van der Waals surface area (Å²) >= 11 is 0. The zero-order valence-corrected chi connectivity index (χ0v) is 11.9. The normalized spacial score (nSPS) is 14.1. The molecule has 0 radical (unpaired) electrons. The third-order valence-electron chi connectivity index (χ3n) is 3.06. The number of aliphatic hydroxyl groups excluding tert-OH is 1. The first kappa shape index (κ1) is 15.9. The fraction of sp³-hybridized carbons (Fsp3) is 1.00. The van der Waals surface area contributed by atoms with E-state index in [0.717, 1.165) is 12.5 Å². The van der Waals surface area contributed by atoms with E-state index in [1.807, 2.05) is 0 Å². The quantitative estimate of drug-likeness (QED) is 0.614. The van der Waals surface area contributed by atoms with Crippen molar-refractivity contribution in [2.24, 2.45) is 11.8 Å². The van der Waals surface area contributed by atoms with Gasteiger partial charge in [-0.2, -0.15) is 0 Å². The number of hydrogen-bond donors (Lipinski definition) is 1. The van der Waals surface area contributed by atoms with E-state index in [1.54, 1.807) is 0 Å². The van der Waals surface area contributed by atoms with Gasteiger partial charge < -0.3 is 10.0 Å². The number of aliphatic hydroxyl groups is 1. The standard InChI is InChI=1S/C14H31NO/c1-12(2)8-6-7-9-15(13(3)4)10-14(5)11-16/h12-14,16H,6-11H2,1-5H3. The molecule has 0 aromatic heterocycles. The second-order valence-electron chi connectivity index (χ2n) is 5.77. The van der Waals surface area contributed by atoms with Crippen LogP contribution in [0.1, 0.15) is 53.9 Å². The van der Waals surface area contributed by atoms with Crippen molar-refractivity contribution in [2.75, 3.05) is 19.7 Å². The first-order chi connectivity index (χ1) is 7.47. The molecule has 0 aliphatic heterocycles. The molecule has 1 atom stereocenters. The molecule has 0 aromatic carbocycles. The molecule has 16 heavy (non-hydrogen) atoms. The molecule has 0 aliphatic rings. The Morgan fingerprint density at radius 2 is 1.62 bits per heavy atom. The van der Waals surface area contributed by atoms with Crippen molar-refractivity contribution < 1.29 is 5.11 Å². The smallest absolute Gasteiger partial charge is 0.0468 e. The van der Waals surface area contributed by atoms with Crippen LogP contribution in [0.25, 0.3) is 0 Å². The van der Waals surface area contributed by atoms with E-state index in [1.165, 1.54) is 25.8 Å². The van der Waals surface area contributed by atoms with Gasteiger partial charge in [0.25, 0.3) is 0 Å². The number of unbranched alkanes of at least 4 members (excludes halogenated alkanes) is 1. The lowest BCUT2D eigenvalue weighted by Crippen LogP contribution is -2.36. The summed E-state index contributed by atoms with van der Waals surface area (Å²) in [4.78, 5) is 2.49. The molecule has 2 heteroatoms. The van der Waals surface area contributed by atoms with Gasteiger partial charge >= 0.3 is 0 Å². The molecule has 1 N–H and O–H groups in total. The molecular weight excluding hydrogens is 198 g/mol. The first-order valence-corrected chi connectivity index (χ1v) is 6.82. The van der Waals surface area contributed by atoms with E-state index in [4.69, 9.17) is 5.11 Å². The highest BCUT2D eigenvalue weighted by molar-refractivity contribution is 4.66. The predicted molar refractivity (Wildman–Crippen MR) is 71.6 cm³/mol. The highest BCUT2D eigenvalue weighted by atomic mass is 16.3. The molecule has 2 nitrogen and oxygen atoms in total. The molecule has 0 amide bonds. The summed E-state index contributed by atoms with van der Waals surface area (Å²) in [6.07, 6.45) is 3.95. The molecule has 0 bridgehead atoms. The van der Waals surface area contributed by atoms with Gasteiger partial charge in [-0.3, -0.25) is 0 Å². The third-order valence-corrected chi connectivity index (χ3v) is 3.06. The van der Waals surface area contributed by atoms with Gasteiger partial charge in [-0.15, -0.1) is 0 Å². The lowest BCUT2D eigenvalue weighted by Gasteiger charge is -2.28. The largest absolute Gasteiger partial charge is 0.396 e. The molecule has 0 saturated heterocycles. The van der Waals surface area contributed by atoms with Crippen LogP contribution in [0.4, 0.5) is 0 Å². The van der Waals surface area contributed by atoms with Crippen molar-refractivity contribution in [3.05, 3.63) is 0 Å². The minimum absolute atomic E-state index is 0.301. The minimum Gasteiger partial charge on any atom is -0.396 e. The van der Waals surface area contributed by atoms with Gasteiger partial charge in [0, 0.05) is 19.2 Å². The SMILES string of the molecule is CC(C)CCCCN(CC(C)CO)C(C)C. The Labute approximate surface area is 102 Å². The average molecular weight is 229 g/mol. The fourth-order valence-corrected chi connectivity index (χ4v) is 1.89. The van der Waals surface area contributed by atoms with Crippen LogP contribution < -0.4 is 0 Å². The summed E-state index contributed by atoms with van der Waals surface area (Å²) in [6.45, 7) is 13.7. The second-order valence-corrected chi connectivity index (χ2v) is 5.77. The van der Waals surface area contributed by atoms with Crippen LogP contribution in [0, 0.1) is 11.8 Å². The summed E-state index contributed by atoms with van der Waals surface area (Å²) in [6, 6.07) is 0.591. The molecule has 0 heterocycles. The van der Waals surface area contributed by atoms with Crippen molar-refractivity contribution in [1.82, 2.24) is 4.90 Å². The van der Waals surface area contributed by atoms with E-state index in [9.17, 15) is 0 Å². The Kier molecular flexibility index (Phi) is 8.96. The molecule has 0 spiro atoms. The van der Waals surface area contributed by atoms with Gasteiger partial charge in [-0.05, 0) is 38.6 Å². The van der Waals surface area contributed by atoms with Crippen LogP contribution in [0.5, 0.6) is 0 Å². The lowest BCUT2D eigenvalue weighted by atomic mass is 10.1. The van der Waals surface area contributed by atoms with Gasteiger partial charge in [-0.1, -0.05) is 33.6 Å².